The van der Waals surface area contributed by atoms with Crippen molar-refractivity contribution in [3.8, 4) is 11.1 Å². The molecule has 0 nitrogen and oxygen atoms in total. The lowest BCUT2D eigenvalue weighted by molar-refractivity contribution is 0.790. The quantitative estimate of drug-likeness (QED) is 0.169. The van der Waals surface area contributed by atoms with Crippen LogP contribution < -0.4 is 0 Å². The summed E-state index contributed by atoms with van der Waals surface area (Å²) in [7, 11) is 0. The SMILES string of the molecule is CC1=Cc2c(-c3ccccc3)cccc2C1C1=Cc2c(CCCC[Si](Cl)(Cl)Cl)cccc2C1. The maximum atomic E-state index is 6.06. The largest absolute Gasteiger partial charge is 0.341 e. The predicted octanol–water partition coefficient (Wildman–Crippen LogP) is 9.47. The van der Waals surface area contributed by atoms with Gasteiger partial charge in [0.15, 0.2) is 0 Å². The highest BCUT2D eigenvalue weighted by Gasteiger charge is 2.30. The van der Waals surface area contributed by atoms with Crippen molar-refractivity contribution < 1.29 is 0 Å². The van der Waals surface area contributed by atoms with E-state index in [0.717, 1.165) is 31.7 Å². The molecule has 1 unspecified atom stereocenters. The Bertz CT molecular complexity index is 1240. The van der Waals surface area contributed by atoms with Crippen molar-refractivity contribution in [1.82, 2.24) is 0 Å². The molecule has 33 heavy (non-hydrogen) atoms. The minimum absolute atomic E-state index is 0.360. The van der Waals surface area contributed by atoms with Crippen molar-refractivity contribution >= 4 is 51.4 Å². The van der Waals surface area contributed by atoms with Crippen molar-refractivity contribution in [3.63, 3.8) is 0 Å². The number of aryl methyl sites for hydroxylation is 1. The summed E-state index contributed by atoms with van der Waals surface area (Å²) in [4.78, 5) is 0. The van der Waals surface area contributed by atoms with Crippen molar-refractivity contribution in [2.45, 2.75) is 44.6 Å². The molecule has 0 amide bonds. The summed E-state index contributed by atoms with van der Waals surface area (Å²) in [5, 5.41) is 0. The Balaban J connectivity index is 1.42. The zero-order valence-electron chi connectivity index (χ0n) is 18.8. The van der Waals surface area contributed by atoms with E-state index in [1.807, 2.05) is 0 Å². The third-order valence-corrected chi connectivity index (χ3v) is 9.52. The average molecular weight is 510 g/mol. The smallest absolute Gasteiger partial charge is 0.126 e. The number of hydrogen-bond donors (Lipinski definition) is 0. The summed E-state index contributed by atoms with van der Waals surface area (Å²) in [6, 6.07) is 22.5. The van der Waals surface area contributed by atoms with Gasteiger partial charge in [-0.25, -0.2) is 0 Å². The first-order valence-corrected chi connectivity index (χ1v) is 16.9. The Morgan fingerprint density at radius 3 is 2.39 bits per heavy atom. The summed E-state index contributed by atoms with van der Waals surface area (Å²) in [5.74, 6) is 0.360. The number of hydrogen-bond acceptors (Lipinski definition) is 0. The van der Waals surface area contributed by atoms with E-state index >= 15 is 0 Å². The van der Waals surface area contributed by atoms with Gasteiger partial charge in [0.2, 0.25) is 0 Å². The summed E-state index contributed by atoms with van der Waals surface area (Å²) in [5.41, 5.74) is 12.6. The Labute approximate surface area is 212 Å². The van der Waals surface area contributed by atoms with Crippen LogP contribution >= 0.6 is 33.2 Å². The van der Waals surface area contributed by atoms with Crippen LogP contribution in [0.5, 0.6) is 0 Å². The van der Waals surface area contributed by atoms with Crippen LogP contribution in [-0.2, 0) is 12.8 Å². The third-order valence-electron chi connectivity index (χ3n) is 6.90. The number of rotatable bonds is 7. The van der Waals surface area contributed by atoms with Gasteiger partial charge >= 0.3 is 6.00 Å². The van der Waals surface area contributed by atoms with Crippen LogP contribution in [-0.4, -0.2) is 6.00 Å². The number of allylic oxidation sites excluding steroid dienone is 2. The fourth-order valence-electron chi connectivity index (χ4n) is 5.42. The second-order valence-electron chi connectivity index (χ2n) is 9.20. The first-order valence-electron chi connectivity index (χ1n) is 11.7. The van der Waals surface area contributed by atoms with E-state index in [9.17, 15) is 0 Å². The average Bonchev–Trinajstić information content (AvgIpc) is 3.36. The molecule has 0 bridgehead atoms. The van der Waals surface area contributed by atoms with Crippen LogP contribution in [0.25, 0.3) is 23.3 Å². The van der Waals surface area contributed by atoms with E-state index in [-0.39, 0.29) is 0 Å². The number of unbranched alkanes of at least 4 members (excludes halogenated alkanes) is 1. The minimum Gasteiger partial charge on any atom is -0.126 e. The van der Waals surface area contributed by atoms with Crippen molar-refractivity contribution in [3.05, 3.63) is 106 Å². The maximum Gasteiger partial charge on any atom is 0.341 e. The highest BCUT2D eigenvalue weighted by atomic mass is 35.8. The molecular weight excluding hydrogens is 483 g/mol. The molecule has 3 aromatic carbocycles. The van der Waals surface area contributed by atoms with Gasteiger partial charge in [0, 0.05) is 5.92 Å². The Hall–Kier alpha value is -1.77. The summed E-state index contributed by atoms with van der Waals surface area (Å²) >= 11 is 18.2. The minimum atomic E-state index is -2.52. The lowest BCUT2D eigenvalue weighted by Crippen LogP contribution is -2.08. The van der Waals surface area contributed by atoms with E-state index < -0.39 is 6.00 Å². The second kappa shape index (κ2) is 9.47. The van der Waals surface area contributed by atoms with Gasteiger partial charge in [0.05, 0.1) is 0 Å². The van der Waals surface area contributed by atoms with Crippen LogP contribution in [0.4, 0.5) is 0 Å². The maximum absolute atomic E-state index is 6.06. The Morgan fingerprint density at radius 1 is 0.818 bits per heavy atom. The van der Waals surface area contributed by atoms with Gasteiger partial charge in [-0.2, -0.15) is 0 Å². The molecule has 1 atom stereocenters. The van der Waals surface area contributed by atoms with Gasteiger partial charge in [0.25, 0.3) is 0 Å². The highest BCUT2D eigenvalue weighted by Crippen LogP contribution is 2.47. The van der Waals surface area contributed by atoms with Gasteiger partial charge in [0.1, 0.15) is 0 Å². The summed E-state index contributed by atoms with van der Waals surface area (Å²) in [6.07, 6.45) is 8.95. The molecule has 0 N–H and O–H groups in total. The first-order chi connectivity index (χ1) is 15.9. The molecule has 0 saturated heterocycles. The standard InChI is InChI=1S/C29H27Cl3Si/c1-20-17-28-25(21-9-3-2-4-10-21)14-8-15-26(28)29(20)24-18-23-13-7-12-22(27(23)19-24)11-5-6-16-33(30,31)32/h2-4,7-10,12-15,17,19,29H,5-6,11,16,18H2,1H3. The summed E-state index contributed by atoms with van der Waals surface area (Å²) in [6.45, 7) is 2.28. The predicted molar refractivity (Wildman–Crippen MR) is 147 cm³/mol. The van der Waals surface area contributed by atoms with Crippen LogP contribution in [0.2, 0.25) is 6.04 Å². The van der Waals surface area contributed by atoms with Gasteiger partial charge in [-0.1, -0.05) is 96.4 Å². The molecule has 4 heteroatoms. The molecule has 0 aromatic heterocycles. The van der Waals surface area contributed by atoms with Crippen molar-refractivity contribution in [1.29, 1.82) is 0 Å². The van der Waals surface area contributed by atoms with Crippen LogP contribution in [0.15, 0.2) is 77.9 Å². The zero-order chi connectivity index (χ0) is 23.0. The van der Waals surface area contributed by atoms with Crippen molar-refractivity contribution in [2.75, 3.05) is 0 Å². The Kier molecular flexibility index (Phi) is 6.60. The third kappa shape index (κ3) is 4.88. The van der Waals surface area contributed by atoms with E-state index in [1.165, 1.54) is 50.1 Å². The van der Waals surface area contributed by atoms with E-state index in [0.29, 0.717) is 5.92 Å². The monoisotopic (exact) mass is 508 g/mol. The van der Waals surface area contributed by atoms with Gasteiger partial charge < -0.3 is 0 Å². The fourth-order valence-corrected chi connectivity index (χ4v) is 7.27. The fraction of sp³-hybridized carbons (Fsp3) is 0.241. The van der Waals surface area contributed by atoms with E-state index in [2.05, 4.69) is 85.8 Å². The lowest BCUT2D eigenvalue weighted by atomic mass is 9.86. The number of halogens is 3. The zero-order valence-corrected chi connectivity index (χ0v) is 22.0. The van der Waals surface area contributed by atoms with Crippen LogP contribution in [0, 0.1) is 0 Å². The number of fused-ring (bicyclic) bond motifs is 2. The molecule has 0 heterocycles. The van der Waals surface area contributed by atoms with Crippen LogP contribution in [0.1, 0.15) is 53.5 Å². The van der Waals surface area contributed by atoms with E-state index in [1.54, 1.807) is 0 Å². The molecule has 0 radical (unpaired) electrons. The molecule has 3 aromatic rings. The molecule has 2 aliphatic rings. The number of benzene rings is 3. The van der Waals surface area contributed by atoms with Gasteiger partial charge in [-0.3, -0.25) is 0 Å². The molecular formula is C29H27Cl3Si. The molecule has 0 saturated carbocycles. The first kappa shape index (κ1) is 23.0. The molecule has 0 fully saturated rings. The molecule has 0 aliphatic heterocycles. The topological polar surface area (TPSA) is 0 Å². The summed E-state index contributed by atoms with van der Waals surface area (Å²) < 4.78 is 0. The Morgan fingerprint density at radius 2 is 1.61 bits per heavy atom. The van der Waals surface area contributed by atoms with Crippen LogP contribution in [0.3, 0.4) is 0 Å². The second-order valence-corrected chi connectivity index (χ2v) is 18.5. The van der Waals surface area contributed by atoms with Gasteiger partial charge in [-0.05, 0) is 71.2 Å². The van der Waals surface area contributed by atoms with Gasteiger partial charge in [-0.15, -0.1) is 33.2 Å². The van der Waals surface area contributed by atoms with E-state index in [4.69, 9.17) is 33.2 Å². The molecule has 168 valence electrons. The highest BCUT2D eigenvalue weighted by molar-refractivity contribution is 7.64. The lowest BCUT2D eigenvalue weighted by Gasteiger charge is -2.17. The normalized spacial score (nSPS) is 16.9. The molecule has 2 aliphatic carbocycles. The van der Waals surface area contributed by atoms with Crippen molar-refractivity contribution in [2.24, 2.45) is 0 Å². The molecule has 5 rings (SSSR count). The molecule has 0 spiro atoms.